The maximum Gasteiger partial charge on any atom is 0.225 e. The molecule has 1 aliphatic heterocycles. The number of hydrogen-bond donors (Lipinski definition) is 0. The Morgan fingerprint density at radius 3 is 2.68 bits per heavy atom. The summed E-state index contributed by atoms with van der Waals surface area (Å²) in [5, 5.41) is 10.7. The minimum absolute atomic E-state index is 0.227. The van der Waals surface area contributed by atoms with Crippen molar-refractivity contribution >= 4 is 40.0 Å². The number of halogens is 1. The molecule has 7 nitrogen and oxygen atoms in total. The molecule has 2 aliphatic rings. The lowest BCUT2D eigenvalue weighted by atomic mass is 9.84. The molecule has 0 bridgehead atoms. The number of rotatable bonds is 3. The van der Waals surface area contributed by atoms with Crippen molar-refractivity contribution in [1.82, 2.24) is 24.5 Å². The Morgan fingerprint density at radius 2 is 1.88 bits per heavy atom. The van der Waals surface area contributed by atoms with Gasteiger partial charge in [-0.1, -0.05) is 41.8 Å². The number of nitrogens with zero attached hydrogens (tertiary/aromatic N) is 6. The van der Waals surface area contributed by atoms with Gasteiger partial charge in [-0.3, -0.25) is 4.79 Å². The van der Waals surface area contributed by atoms with Crippen molar-refractivity contribution in [1.29, 1.82) is 0 Å². The minimum atomic E-state index is 0.227. The van der Waals surface area contributed by atoms with E-state index in [2.05, 4.69) is 44.6 Å². The third kappa shape index (κ3) is 3.68. The van der Waals surface area contributed by atoms with Crippen LogP contribution in [0.3, 0.4) is 0 Å². The standard InChI is InChI=1S/C26H27ClN6O/c1-17-5-2-8-19(15-17)23-29-30-24-21-10-9-20(27)16-22(21)28-26(33(23)24)32-12-4-11-31(13-14-32)25(34)18-6-3-7-18/h2,5,8-10,15-16,18H,3-4,6-7,11-14H2,1H3. The molecule has 34 heavy (non-hydrogen) atoms. The summed E-state index contributed by atoms with van der Waals surface area (Å²) in [6.45, 7) is 5.10. The van der Waals surface area contributed by atoms with Crippen LogP contribution in [-0.4, -0.2) is 56.6 Å². The van der Waals surface area contributed by atoms with Crippen LogP contribution in [0.15, 0.2) is 42.5 Å². The van der Waals surface area contributed by atoms with Gasteiger partial charge in [0.1, 0.15) is 0 Å². The summed E-state index contributed by atoms with van der Waals surface area (Å²) in [6, 6.07) is 14.0. The highest BCUT2D eigenvalue weighted by atomic mass is 35.5. The Hall–Kier alpha value is -3.19. The SMILES string of the molecule is Cc1cccc(-c2nnc3c4ccc(Cl)cc4nc(N4CCCN(C(=O)C5CCC5)CC4)n23)c1. The quantitative estimate of drug-likeness (QED) is 0.429. The maximum atomic E-state index is 12.9. The molecule has 8 heteroatoms. The first kappa shape index (κ1) is 21.4. The normalized spacial score (nSPS) is 17.2. The Kier molecular flexibility index (Phi) is 5.37. The molecule has 2 aromatic carbocycles. The number of carbonyl (C=O) groups excluding carboxylic acids is 1. The molecule has 0 radical (unpaired) electrons. The van der Waals surface area contributed by atoms with Crippen molar-refractivity contribution in [2.24, 2.45) is 5.92 Å². The van der Waals surface area contributed by atoms with Crippen LogP contribution in [0.1, 0.15) is 31.2 Å². The molecule has 0 spiro atoms. The van der Waals surface area contributed by atoms with Gasteiger partial charge in [0.25, 0.3) is 0 Å². The number of hydrogen-bond acceptors (Lipinski definition) is 5. The third-order valence-corrected chi connectivity index (χ3v) is 7.34. The fourth-order valence-electron chi connectivity index (χ4n) is 5.03. The Labute approximate surface area is 203 Å². The molecular formula is C26H27ClN6O. The highest BCUT2D eigenvalue weighted by Gasteiger charge is 2.31. The summed E-state index contributed by atoms with van der Waals surface area (Å²) < 4.78 is 2.06. The van der Waals surface area contributed by atoms with E-state index in [4.69, 9.17) is 16.6 Å². The van der Waals surface area contributed by atoms with Gasteiger partial charge in [-0.25, -0.2) is 9.38 Å². The fraction of sp³-hybridized carbons (Fsp3) is 0.385. The molecule has 1 saturated heterocycles. The molecule has 174 valence electrons. The summed E-state index contributed by atoms with van der Waals surface area (Å²) in [5.41, 5.74) is 3.72. The molecule has 0 atom stereocenters. The highest BCUT2D eigenvalue weighted by molar-refractivity contribution is 6.31. The third-order valence-electron chi connectivity index (χ3n) is 7.11. The van der Waals surface area contributed by atoms with E-state index in [0.717, 1.165) is 78.3 Å². The number of aryl methyl sites for hydroxylation is 1. The number of fused-ring (bicyclic) bond motifs is 3. The van der Waals surface area contributed by atoms with E-state index in [0.29, 0.717) is 17.5 Å². The molecule has 0 unspecified atom stereocenters. The van der Waals surface area contributed by atoms with E-state index in [1.165, 1.54) is 6.42 Å². The number of amides is 1. The molecule has 0 N–H and O–H groups in total. The van der Waals surface area contributed by atoms with Crippen LogP contribution in [0.4, 0.5) is 5.95 Å². The van der Waals surface area contributed by atoms with E-state index in [1.54, 1.807) is 0 Å². The summed E-state index contributed by atoms with van der Waals surface area (Å²) in [7, 11) is 0. The molecule has 3 heterocycles. The van der Waals surface area contributed by atoms with Crippen LogP contribution in [0.2, 0.25) is 5.02 Å². The van der Waals surface area contributed by atoms with E-state index >= 15 is 0 Å². The predicted octanol–water partition coefficient (Wildman–Crippen LogP) is 4.75. The van der Waals surface area contributed by atoms with Gasteiger partial charge in [-0.15, -0.1) is 10.2 Å². The molecule has 1 aliphatic carbocycles. The van der Waals surface area contributed by atoms with Crippen LogP contribution in [0.5, 0.6) is 0 Å². The van der Waals surface area contributed by atoms with Crippen molar-refractivity contribution in [2.45, 2.75) is 32.6 Å². The van der Waals surface area contributed by atoms with E-state index in [1.807, 2.05) is 29.2 Å². The summed E-state index contributed by atoms with van der Waals surface area (Å²) >= 11 is 6.31. The maximum absolute atomic E-state index is 12.9. The average Bonchev–Trinajstić information content (AvgIpc) is 3.08. The Morgan fingerprint density at radius 1 is 1.00 bits per heavy atom. The molecule has 1 saturated carbocycles. The zero-order valence-corrected chi connectivity index (χ0v) is 20.0. The molecule has 1 amide bonds. The van der Waals surface area contributed by atoms with Crippen LogP contribution in [-0.2, 0) is 4.79 Å². The van der Waals surface area contributed by atoms with Crippen molar-refractivity contribution in [3.8, 4) is 11.4 Å². The monoisotopic (exact) mass is 474 g/mol. The first-order valence-corrected chi connectivity index (χ1v) is 12.4. The van der Waals surface area contributed by atoms with Crippen molar-refractivity contribution in [3.63, 3.8) is 0 Å². The summed E-state index contributed by atoms with van der Waals surface area (Å²) in [4.78, 5) is 22.3. The molecule has 6 rings (SSSR count). The van der Waals surface area contributed by atoms with Gasteiger partial charge in [-0.2, -0.15) is 0 Å². The van der Waals surface area contributed by atoms with Crippen molar-refractivity contribution in [2.75, 3.05) is 31.1 Å². The summed E-state index contributed by atoms with van der Waals surface area (Å²) in [6.07, 6.45) is 4.14. The fourth-order valence-corrected chi connectivity index (χ4v) is 5.19. The lowest BCUT2D eigenvalue weighted by molar-refractivity contribution is -0.137. The van der Waals surface area contributed by atoms with E-state index < -0.39 is 0 Å². The minimum Gasteiger partial charge on any atom is -0.341 e. The second kappa shape index (κ2) is 8.55. The van der Waals surface area contributed by atoms with E-state index in [9.17, 15) is 4.79 Å². The van der Waals surface area contributed by atoms with Gasteiger partial charge in [-0.05, 0) is 50.5 Å². The largest absolute Gasteiger partial charge is 0.341 e. The molecule has 2 fully saturated rings. The predicted molar refractivity (Wildman–Crippen MR) is 134 cm³/mol. The van der Waals surface area contributed by atoms with Gasteiger partial charge < -0.3 is 9.80 Å². The lowest BCUT2D eigenvalue weighted by Crippen LogP contribution is -2.41. The Bertz CT molecular complexity index is 1400. The first-order valence-electron chi connectivity index (χ1n) is 12.0. The second-order valence-electron chi connectivity index (χ2n) is 9.42. The van der Waals surface area contributed by atoms with Gasteiger partial charge >= 0.3 is 0 Å². The zero-order valence-electron chi connectivity index (χ0n) is 19.2. The average molecular weight is 475 g/mol. The zero-order chi connectivity index (χ0) is 23.2. The first-order chi connectivity index (χ1) is 16.6. The van der Waals surface area contributed by atoms with Crippen LogP contribution in [0, 0.1) is 12.8 Å². The van der Waals surface area contributed by atoms with Gasteiger partial charge in [0.15, 0.2) is 11.5 Å². The molecular weight excluding hydrogens is 448 g/mol. The molecule has 2 aromatic heterocycles. The van der Waals surface area contributed by atoms with Gasteiger partial charge in [0.2, 0.25) is 11.9 Å². The van der Waals surface area contributed by atoms with Crippen molar-refractivity contribution < 1.29 is 4.79 Å². The number of aromatic nitrogens is 4. The second-order valence-corrected chi connectivity index (χ2v) is 9.86. The number of benzene rings is 2. The van der Waals surface area contributed by atoms with Gasteiger partial charge in [0, 0.05) is 48.1 Å². The van der Waals surface area contributed by atoms with E-state index in [-0.39, 0.29) is 5.92 Å². The van der Waals surface area contributed by atoms with Gasteiger partial charge in [0.05, 0.1) is 5.52 Å². The lowest BCUT2D eigenvalue weighted by Gasteiger charge is -2.31. The van der Waals surface area contributed by atoms with Crippen molar-refractivity contribution in [3.05, 3.63) is 53.1 Å². The number of anilines is 1. The van der Waals surface area contributed by atoms with Crippen LogP contribution < -0.4 is 4.90 Å². The topological polar surface area (TPSA) is 66.6 Å². The van der Waals surface area contributed by atoms with Crippen LogP contribution in [0.25, 0.3) is 27.9 Å². The highest BCUT2D eigenvalue weighted by Crippen LogP contribution is 2.32. The smallest absolute Gasteiger partial charge is 0.225 e. The molecule has 4 aromatic rings. The number of carbonyl (C=O) groups is 1. The van der Waals surface area contributed by atoms with Crippen LogP contribution >= 0.6 is 11.6 Å². The summed E-state index contributed by atoms with van der Waals surface area (Å²) in [5.74, 6) is 2.11. The Balaban J connectivity index is 1.45.